The number of phenolic OH excluding ortho intramolecular Hbond substituents is 1. The van der Waals surface area contributed by atoms with Crippen LogP contribution in [0.2, 0.25) is 0 Å². The number of nitrogens with zero attached hydrogens (tertiary/aromatic N) is 2. The van der Waals surface area contributed by atoms with E-state index in [9.17, 15) is 5.11 Å². The van der Waals surface area contributed by atoms with E-state index in [1.807, 2.05) is 6.92 Å². The van der Waals surface area contributed by atoms with Crippen LogP contribution >= 0.6 is 0 Å². The van der Waals surface area contributed by atoms with Crippen LogP contribution in [-0.4, -0.2) is 56.2 Å². The van der Waals surface area contributed by atoms with Crippen molar-refractivity contribution in [3.8, 4) is 5.75 Å². The van der Waals surface area contributed by atoms with Gasteiger partial charge in [0.05, 0.1) is 0 Å². The maximum absolute atomic E-state index is 10.1. The molecule has 0 aromatic heterocycles. The molecular weight excluding hydrogens is 224 g/mol. The third-order valence-corrected chi connectivity index (χ3v) is 3.12. The van der Waals surface area contributed by atoms with E-state index in [4.69, 9.17) is 0 Å². The lowest BCUT2D eigenvalue weighted by Gasteiger charge is -2.15. The Bertz CT molecular complexity index is 386. The highest BCUT2D eigenvalue weighted by atomic mass is 16.3. The fourth-order valence-electron chi connectivity index (χ4n) is 1.97. The first-order valence-electron chi connectivity index (χ1n) is 6.51. The molecule has 0 amide bonds. The fourth-order valence-corrected chi connectivity index (χ4v) is 1.97. The van der Waals surface area contributed by atoms with Crippen LogP contribution in [0.3, 0.4) is 0 Å². The number of aryl methyl sites for hydroxylation is 1. The van der Waals surface area contributed by atoms with E-state index in [0.717, 1.165) is 37.1 Å². The topological polar surface area (TPSA) is 26.7 Å². The molecule has 0 fully saturated rings. The Morgan fingerprint density at radius 3 is 2.06 bits per heavy atom. The predicted octanol–water partition coefficient (Wildman–Crippen LogP) is 1.91. The number of hydrogen-bond donors (Lipinski definition) is 1. The van der Waals surface area contributed by atoms with Gasteiger partial charge in [-0.15, -0.1) is 0 Å². The summed E-state index contributed by atoms with van der Waals surface area (Å²) in [5.41, 5.74) is 3.37. The van der Waals surface area contributed by atoms with Crippen LogP contribution in [0.25, 0.3) is 0 Å². The Morgan fingerprint density at radius 1 is 0.944 bits per heavy atom. The molecule has 0 radical (unpaired) electrons. The van der Waals surface area contributed by atoms with Crippen molar-refractivity contribution >= 4 is 0 Å². The van der Waals surface area contributed by atoms with Crippen molar-refractivity contribution in [3.63, 3.8) is 0 Å². The van der Waals surface area contributed by atoms with E-state index in [-0.39, 0.29) is 0 Å². The highest BCUT2D eigenvalue weighted by Gasteiger charge is 2.08. The molecule has 0 atom stereocenters. The highest BCUT2D eigenvalue weighted by Crippen LogP contribution is 2.24. The molecule has 0 aliphatic heterocycles. The second-order valence-corrected chi connectivity index (χ2v) is 5.53. The second-order valence-electron chi connectivity index (χ2n) is 5.53. The number of likely N-dealkylation sites (N-methyl/N-ethyl adjacent to an activating group) is 2. The van der Waals surface area contributed by atoms with Crippen LogP contribution in [0.15, 0.2) is 12.1 Å². The normalized spacial score (nSPS) is 11.5. The van der Waals surface area contributed by atoms with Gasteiger partial charge < -0.3 is 14.9 Å². The molecule has 0 spiro atoms. The van der Waals surface area contributed by atoms with Gasteiger partial charge in [-0.2, -0.15) is 0 Å². The van der Waals surface area contributed by atoms with Crippen molar-refractivity contribution in [2.45, 2.75) is 19.8 Å². The molecule has 102 valence electrons. The van der Waals surface area contributed by atoms with Crippen molar-refractivity contribution in [1.29, 1.82) is 0 Å². The summed E-state index contributed by atoms with van der Waals surface area (Å²) in [5.74, 6) is 0.463. The lowest BCUT2D eigenvalue weighted by Crippen LogP contribution is -2.16. The number of benzene rings is 1. The van der Waals surface area contributed by atoms with Gasteiger partial charge in [0.1, 0.15) is 5.75 Å². The third kappa shape index (κ3) is 4.67. The summed E-state index contributed by atoms with van der Waals surface area (Å²) in [6.45, 7) is 3.98. The summed E-state index contributed by atoms with van der Waals surface area (Å²) in [5, 5.41) is 10.1. The molecule has 0 saturated heterocycles. The predicted molar refractivity (Wildman–Crippen MR) is 77.4 cm³/mol. The minimum atomic E-state index is 0.463. The van der Waals surface area contributed by atoms with Gasteiger partial charge in [0.2, 0.25) is 0 Å². The molecule has 1 aromatic carbocycles. The van der Waals surface area contributed by atoms with E-state index in [1.165, 1.54) is 5.56 Å². The highest BCUT2D eigenvalue weighted by molar-refractivity contribution is 5.43. The molecule has 0 aliphatic carbocycles. The summed E-state index contributed by atoms with van der Waals surface area (Å²) in [4.78, 5) is 4.32. The largest absolute Gasteiger partial charge is 0.507 e. The summed E-state index contributed by atoms with van der Waals surface area (Å²) < 4.78 is 0. The van der Waals surface area contributed by atoms with E-state index in [2.05, 4.69) is 50.1 Å². The van der Waals surface area contributed by atoms with Crippen molar-refractivity contribution in [3.05, 3.63) is 28.8 Å². The Labute approximate surface area is 111 Å². The van der Waals surface area contributed by atoms with Crippen LogP contribution in [0.4, 0.5) is 0 Å². The minimum Gasteiger partial charge on any atom is -0.507 e. The molecule has 0 bridgehead atoms. The molecule has 1 aromatic rings. The third-order valence-electron chi connectivity index (χ3n) is 3.12. The van der Waals surface area contributed by atoms with E-state index in [0.29, 0.717) is 5.75 Å². The monoisotopic (exact) mass is 250 g/mol. The van der Waals surface area contributed by atoms with Crippen LogP contribution in [0, 0.1) is 6.92 Å². The summed E-state index contributed by atoms with van der Waals surface area (Å²) in [7, 11) is 8.28. The lowest BCUT2D eigenvalue weighted by atomic mass is 10.0. The number of aromatic hydroxyl groups is 1. The first-order valence-corrected chi connectivity index (χ1v) is 6.51. The SMILES string of the molecule is Cc1cc(CCN(C)C)cc(CCN(C)C)c1O. The zero-order valence-electron chi connectivity index (χ0n) is 12.3. The average Bonchev–Trinajstić information content (AvgIpc) is 2.28. The number of hydrogen-bond acceptors (Lipinski definition) is 3. The zero-order chi connectivity index (χ0) is 13.7. The molecule has 18 heavy (non-hydrogen) atoms. The minimum absolute atomic E-state index is 0.463. The summed E-state index contributed by atoms with van der Waals surface area (Å²) in [6.07, 6.45) is 1.93. The number of phenols is 1. The van der Waals surface area contributed by atoms with Crippen molar-refractivity contribution in [1.82, 2.24) is 9.80 Å². The quantitative estimate of drug-likeness (QED) is 0.835. The zero-order valence-corrected chi connectivity index (χ0v) is 12.3. The van der Waals surface area contributed by atoms with Gasteiger partial charge in [-0.05, 0) is 64.6 Å². The Balaban J connectivity index is 2.81. The van der Waals surface area contributed by atoms with Crippen LogP contribution in [-0.2, 0) is 12.8 Å². The van der Waals surface area contributed by atoms with Crippen LogP contribution < -0.4 is 0 Å². The van der Waals surface area contributed by atoms with E-state index >= 15 is 0 Å². The van der Waals surface area contributed by atoms with Gasteiger partial charge in [-0.3, -0.25) is 0 Å². The molecule has 0 saturated carbocycles. The van der Waals surface area contributed by atoms with Crippen LogP contribution in [0.5, 0.6) is 5.75 Å². The van der Waals surface area contributed by atoms with Crippen molar-refractivity contribution in [2.24, 2.45) is 0 Å². The Hall–Kier alpha value is -1.06. The van der Waals surface area contributed by atoms with Gasteiger partial charge in [0.15, 0.2) is 0 Å². The maximum atomic E-state index is 10.1. The molecule has 3 heteroatoms. The lowest BCUT2D eigenvalue weighted by molar-refractivity contribution is 0.404. The maximum Gasteiger partial charge on any atom is 0.121 e. The molecule has 0 aliphatic rings. The van der Waals surface area contributed by atoms with E-state index in [1.54, 1.807) is 0 Å². The molecule has 0 heterocycles. The number of rotatable bonds is 6. The van der Waals surface area contributed by atoms with Crippen LogP contribution in [0.1, 0.15) is 16.7 Å². The summed E-state index contributed by atoms with van der Waals surface area (Å²) >= 11 is 0. The molecule has 3 nitrogen and oxygen atoms in total. The Kier molecular flexibility index (Phi) is 5.63. The smallest absolute Gasteiger partial charge is 0.121 e. The van der Waals surface area contributed by atoms with Gasteiger partial charge in [-0.25, -0.2) is 0 Å². The van der Waals surface area contributed by atoms with Gasteiger partial charge >= 0.3 is 0 Å². The van der Waals surface area contributed by atoms with Crippen molar-refractivity contribution < 1.29 is 5.11 Å². The first kappa shape index (κ1) is 15.0. The van der Waals surface area contributed by atoms with Gasteiger partial charge in [0.25, 0.3) is 0 Å². The van der Waals surface area contributed by atoms with Gasteiger partial charge in [0, 0.05) is 13.1 Å². The second kappa shape index (κ2) is 6.76. The molecule has 1 N–H and O–H groups in total. The molecular formula is C15H26N2O. The first-order chi connectivity index (χ1) is 8.40. The summed E-state index contributed by atoms with van der Waals surface area (Å²) in [6, 6.07) is 4.24. The van der Waals surface area contributed by atoms with Gasteiger partial charge in [-0.1, -0.05) is 12.1 Å². The standard InChI is InChI=1S/C15H26N2O/c1-12-10-13(6-8-16(2)3)11-14(15(12)18)7-9-17(4)5/h10-11,18H,6-9H2,1-5H3. The molecule has 0 unspecified atom stereocenters. The molecule has 1 rings (SSSR count). The van der Waals surface area contributed by atoms with E-state index < -0.39 is 0 Å². The fraction of sp³-hybridized carbons (Fsp3) is 0.600. The average molecular weight is 250 g/mol. The van der Waals surface area contributed by atoms with Crippen molar-refractivity contribution in [2.75, 3.05) is 41.3 Å². The Morgan fingerprint density at radius 2 is 1.50 bits per heavy atom.